The van der Waals surface area contributed by atoms with Crippen LogP contribution in [0.15, 0.2) is 24.5 Å². The Labute approximate surface area is 119 Å². The summed E-state index contributed by atoms with van der Waals surface area (Å²) in [7, 11) is 1.79. The fraction of sp³-hybridized carbons (Fsp3) is 0.500. The van der Waals surface area contributed by atoms with Gasteiger partial charge in [-0.25, -0.2) is 0 Å². The predicted molar refractivity (Wildman–Crippen MR) is 78.3 cm³/mol. The highest BCUT2D eigenvalue weighted by Crippen LogP contribution is 2.47. The first kappa shape index (κ1) is 13.9. The van der Waals surface area contributed by atoms with Crippen molar-refractivity contribution in [3.8, 4) is 0 Å². The molecule has 0 unspecified atom stereocenters. The lowest BCUT2D eigenvalue weighted by atomic mass is 9.61. The van der Waals surface area contributed by atoms with E-state index in [2.05, 4.69) is 11.9 Å². The minimum atomic E-state index is -0.619. The van der Waals surface area contributed by atoms with Crippen LogP contribution in [0.2, 0.25) is 0 Å². The van der Waals surface area contributed by atoms with Gasteiger partial charge in [-0.3, -0.25) is 9.78 Å². The van der Waals surface area contributed by atoms with E-state index in [4.69, 9.17) is 18.0 Å². The Bertz CT molecular complexity index is 483. The molecule has 1 heterocycles. The second kappa shape index (κ2) is 5.25. The lowest BCUT2D eigenvalue weighted by Crippen LogP contribution is -2.56. The van der Waals surface area contributed by atoms with Gasteiger partial charge in [0.1, 0.15) is 0 Å². The third-order valence-corrected chi connectivity index (χ3v) is 4.15. The minimum Gasteiger partial charge on any atom is -0.392 e. The molecule has 1 aliphatic carbocycles. The molecule has 1 aliphatic rings. The van der Waals surface area contributed by atoms with E-state index in [1.165, 1.54) is 0 Å². The summed E-state index contributed by atoms with van der Waals surface area (Å²) in [5.74, 6) is 0.541. The van der Waals surface area contributed by atoms with Gasteiger partial charge in [0.2, 0.25) is 5.91 Å². The smallest absolute Gasteiger partial charge is 0.235 e. The molecule has 0 radical (unpaired) electrons. The number of aromatic nitrogens is 1. The normalized spacial score (nSPS) is 25.5. The summed E-state index contributed by atoms with van der Waals surface area (Å²) in [5, 5.41) is 0. The Morgan fingerprint density at radius 2 is 2.32 bits per heavy atom. The average Bonchev–Trinajstić information content (AvgIpc) is 2.34. The van der Waals surface area contributed by atoms with Gasteiger partial charge in [0.15, 0.2) is 0 Å². The Kier molecular flexibility index (Phi) is 3.85. The number of carbonyl (C=O) groups excluding carboxylic acids is 1. The molecule has 0 spiro atoms. The summed E-state index contributed by atoms with van der Waals surface area (Å²) in [5.41, 5.74) is 6.18. The van der Waals surface area contributed by atoms with E-state index in [1.807, 2.05) is 12.1 Å². The van der Waals surface area contributed by atoms with Gasteiger partial charge >= 0.3 is 0 Å². The maximum atomic E-state index is 12.6. The highest BCUT2D eigenvalue weighted by atomic mass is 32.1. The summed E-state index contributed by atoms with van der Waals surface area (Å²) in [6.07, 6.45) is 5.01. The van der Waals surface area contributed by atoms with Gasteiger partial charge in [-0.15, -0.1) is 0 Å². The summed E-state index contributed by atoms with van der Waals surface area (Å²) in [6.45, 7) is 2.65. The van der Waals surface area contributed by atoms with E-state index in [1.54, 1.807) is 24.3 Å². The fourth-order valence-electron chi connectivity index (χ4n) is 2.81. The first-order valence-electron chi connectivity index (χ1n) is 6.40. The number of nitrogens with two attached hydrogens (primary N) is 1. The maximum Gasteiger partial charge on any atom is 0.235 e. The van der Waals surface area contributed by atoms with Crippen LogP contribution in [0.3, 0.4) is 0 Å². The van der Waals surface area contributed by atoms with Gasteiger partial charge in [0.05, 0.1) is 10.4 Å². The number of hydrogen-bond acceptors (Lipinski definition) is 3. The quantitative estimate of drug-likeness (QED) is 0.852. The van der Waals surface area contributed by atoms with E-state index in [0.717, 1.165) is 18.4 Å². The molecule has 0 saturated heterocycles. The highest BCUT2D eigenvalue weighted by Gasteiger charge is 2.51. The Morgan fingerprint density at radius 1 is 1.63 bits per heavy atom. The number of nitrogens with zero attached hydrogens (tertiary/aromatic N) is 2. The van der Waals surface area contributed by atoms with Crippen molar-refractivity contribution in [2.75, 3.05) is 7.05 Å². The van der Waals surface area contributed by atoms with Gasteiger partial charge in [0, 0.05) is 26.0 Å². The van der Waals surface area contributed by atoms with Crippen molar-refractivity contribution in [1.29, 1.82) is 0 Å². The topological polar surface area (TPSA) is 59.2 Å². The molecular formula is C14H19N3OS. The molecule has 1 aromatic rings. The lowest BCUT2D eigenvalue weighted by molar-refractivity contribution is -0.143. The van der Waals surface area contributed by atoms with Crippen LogP contribution in [-0.4, -0.2) is 27.8 Å². The first-order chi connectivity index (χ1) is 8.95. The third kappa shape index (κ3) is 2.61. The summed E-state index contributed by atoms with van der Waals surface area (Å²) >= 11 is 5.11. The van der Waals surface area contributed by atoms with Gasteiger partial charge in [-0.1, -0.05) is 25.2 Å². The molecule has 5 heteroatoms. The van der Waals surface area contributed by atoms with Crippen molar-refractivity contribution in [3.05, 3.63) is 30.1 Å². The van der Waals surface area contributed by atoms with Gasteiger partial charge in [-0.2, -0.15) is 0 Å². The molecule has 1 aromatic heterocycles. The standard InChI is InChI=1S/C14H19N3OS/c1-10-6-14(7-10,12(15)19)13(18)17(2)9-11-4-3-5-16-8-11/h3-5,8,10H,6-7,9H2,1-2H3,(H2,15,19). The zero-order valence-electron chi connectivity index (χ0n) is 11.3. The Hall–Kier alpha value is -1.49. The van der Waals surface area contributed by atoms with Crippen molar-refractivity contribution >= 4 is 23.1 Å². The molecule has 0 aromatic carbocycles. The second-order valence-electron chi connectivity index (χ2n) is 5.48. The monoisotopic (exact) mass is 277 g/mol. The molecule has 1 amide bonds. The molecule has 19 heavy (non-hydrogen) atoms. The van der Waals surface area contributed by atoms with Crippen molar-refractivity contribution in [1.82, 2.24) is 9.88 Å². The molecule has 0 aliphatic heterocycles. The van der Waals surface area contributed by atoms with Crippen molar-refractivity contribution in [2.24, 2.45) is 17.1 Å². The molecule has 2 N–H and O–H groups in total. The van der Waals surface area contributed by atoms with Crippen molar-refractivity contribution < 1.29 is 4.79 Å². The van der Waals surface area contributed by atoms with Gasteiger partial charge < -0.3 is 10.6 Å². The summed E-state index contributed by atoms with van der Waals surface area (Å²) in [6, 6.07) is 3.82. The molecule has 1 saturated carbocycles. The summed E-state index contributed by atoms with van der Waals surface area (Å²) in [4.78, 5) is 18.7. The zero-order chi connectivity index (χ0) is 14.0. The van der Waals surface area contributed by atoms with Crippen LogP contribution in [0, 0.1) is 11.3 Å². The number of thiocarbonyl (C=S) groups is 1. The molecular weight excluding hydrogens is 258 g/mol. The summed E-state index contributed by atoms with van der Waals surface area (Å²) < 4.78 is 0. The molecule has 102 valence electrons. The van der Waals surface area contributed by atoms with Crippen molar-refractivity contribution in [3.63, 3.8) is 0 Å². The highest BCUT2D eigenvalue weighted by molar-refractivity contribution is 7.80. The van der Waals surface area contributed by atoms with E-state index in [9.17, 15) is 4.79 Å². The van der Waals surface area contributed by atoms with E-state index < -0.39 is 5.41 Å². The molecule has 1 fully saturated rings. The SMILES string of the molecule is CC1CC(C(=O)N(C)Cc2cccnc2)(C(N)=S)C1. The van der Waals surface area contributed by atoms with Gasteiger partial charge in [0.25, 0.3) is 0 Å². The van der Waals surface area contributed by atoms with Crippen LogP contribution in [0.4, 0.5) is 0 Å². The molecule has 0 bridgehead atoms. The van der Waals surface area contributed by atoms with Crippen LogP contribution in [0.1, 0.15) is 25.3 Å². The average molecular weight is 277 g/mol. The number of carbonyl (C=O) groups is 1. The van der Waals surface area contributed by atoms with Crippen molar-refractivity contribution in [2.45, 2.75) is 26.3 Å². The Balaban J connectivity index is 2.08. The largest absolute Gasteiger partial charge is 0.392 e. The van der Waals surface area contributed by atoms with E-state index in [0.29, 0.717) is 17.5 Å². The number of pyridine rings is 1. The van der Waals surface area contributed by atoms with E-state index in [-0.39, 0.29) is 5.91 Å². The second-order valence-corrected chi connectivity index (χ2v) is 5.92. The van der Waals surface area contributed by atoms with Crippen LogP contribution in [0.5, 0.6) is 0 Å². The lowest BCUT2D eigenvalue weighted by Gasteiger charge is -2.46. The first-order valence-corrected chi connectivity index (χ1v) is 6.81. The van der Waals surface area contributed by atoms with Crippen LogP contribution >= 0.6 is 12.2 Å². The van der Waals surface area contributed by atoms with Crippen LogP contribution in [0.25, 0.3) is 0 Å². The maximum absolute atomic E-state index is 12.6. The number of hydrogen-bond donors (Lipinski definition) is 1. The molecule has 2 rings (SSSR count). The minimum absolute atomic E-state index is 0.0296. The van der Waals surface area contributed by atoms with Gasteiger partial charge in [-0.05, 0) is 30.4 Å². The number of amides is 1. The number of rotatable bonds is 4. The predicted octanol–water partition coefficient (Wildman–Crippen LogP) is 1.74. The fourth-order valence-corrected chi connectivity index (χ4v) is 3.07. The van der Waals surface area contributed by atoms with E-state index >= 15 is 0 Å². The molecule has 4 nitrogen and oxygen atoms in total. The zero-order valence-corrected chi connectivity index (χ0v) is 12.1. The van der Waals surface area contributed by atoms with Crippen LogP contribution in [-0.2, 0) is 11.3 Å². The van der Waals surface area contributed by atoms with Crippen LogP contribution < -0.4 is 5.73 Å². The Morgan fingerprint density at radius 3 is 2.79 bits per heavy atom. The molecule has 0 atom stereocenters. The third-order valence-electron chi connectivity index (χ3n) is 3.76.